The number of hydrogen-bond donors (Lipinski definition) is 4. The van der Waals surface area contributed by atoms with Crippen LogP contribution in [-0.2, 0) is 14.3 Å². The average molecular weight is 638 g/mol. The third kappa shape index (κ3) is 7.15. The Morgan fingerprint density at radius 1 is 1.20 bits per heavy atom. The van der Waals surface area contributed by atoms with Crippen molar-refractivity contribution in [3.63, 3.8) is 0 Å². The second-order valence-electron chi connectivity index (χ2n) is 10.7. The highest BCUT2D eigenvalue weighted by Gasteiger charge is 2.25. The molecule has 3 amide bonds. The maximum atomic E-state index is 14.7. The van der Waals surface area contributed by atoms with E-state index in [1.807, 2.05) is 6.92 Å². The zero-order valence-electron chi connectivity index (χ0n) is 24.9. The van der Waals surface area contributed by atoms with Gasteiger partial charge >= 0.3 is 6.09 Å². The van der Waals surface area contributed by atoms with Gasteiger partial charge < -0.3 is 25.1 Å². The van der Waals surface area contributed by atoms with Gasteiger partial charge in [0, 0.05) is 30.5 Å². The fourth-order valence-corrected chi connectivity index (χ4v) is 5.20. The van der Waals surface area contributed by atoms with E-state index in [9.17, 15) is 18.8 Å². The lowest BCUT2D eigenvalue weighted by atomic mass is 9.99. The maximum absolute atomic E-state index is 14.7. The minimum atomic E-state index is -0.654. The first kappa shape index (κ1) is 31.7. The third-order valence-electron chi connectivity index (χ3n) is 7.54. The Hall–Kier alpha value is -4.75. The standard InChI is InChI=1S/C31H33ClFN7O5/c1-17-6-4-8-23(38-30(42)21-15-35-40(18(21)2)26-9-5-7-22(32)27(26)33)28-34-16-25(37-28)20-11-10-19(14-24(20)39-29(17)41)36-31(43)45-13-12-44-3/h5,7,9-11,14-17,23H,4,6,8,12-13H2,1-3H3,(H,34,37)(H,36,43)(H,38,42)(H,39,41)/t17-,23+/m1/s1. The van der Waals surface area contributed by atoms with E-state index >= 15 is 0 Å². The van der Waals surface area contributed by atoms with Gasteiger partial charge in [-0.15, -0.1) is 0 Å². The van der Waals surface area contributed by atoms with Gasteiger partial charge in [0.2, 0.25) is 5.91 Å². The number of hydrogen-bond acceptors (Lipinski definition) is 7. The number of rotatable bonds is 7. The molecule has 14 heteroatoms. The molecule has 2 atom stereocenters. The van der Waals surface area contributed by atoms with E-state index in [1.54, 1.807) is 37.4 Å². The number of aromatic amines is 1. The summed E-state index contributed by atoms with van der Waals surface area (Å²) in [5.74, 6) is -1.04. The molecule has 0 spiro atoms. The quantitative estimate of drug-likeness (QED) is 0.187. The van der Waals surface area contributed by atoms with Gasteiger partial charge in [-0.2, -0.15) is 5.10 Å². The number of nitrogens with one attached hydrogen (secondary N) is 4. The van der Waals surface area contributed by atoms with Gasteiger partial charge in [-0.3, -0.25) is 14.9 Å². The second-order valence-corrected chi connectivity index (χ2v) is 11.1. The van der Waals surface area contributed by atoms with Gasteiger partial charge in [0.1, 0.15) is 18.1 Å². The first-order valence-corrected chi connectivity index (χ1v) is 14.8. The number of aromatic nitrogens is 4. The summed E-state index contributed by atoms with van der Waals surface area (Å²) in [7, 11) is 1.51. The average Bonchev–Trinajstić information content (AvgIpc) is 3.65. The molecule has 0 fully saturated rings. The summed E-state index contributed by atoms with van der Waals surface area (Å²) in [4.78, 5) is 46.7. The van der Waals surface area contributed by atoms with Crippen molar-refractivity contribution in [2.45, 2.75) is 39.2 Å². The Morgan fingerprint density at radius 2 is 2.02 bits per heavy atom. The van der Waals surface area contributed by atoms with Crippen molar-refractivity contribution in [2.24, 2.45) is 5.92 Å². The molecule has 45 heavy (non-hydrogen) atoms. The lowest BCUT2D eigenvalue weighted by Gasteiger charge is -2.20. The van der Waals surface area contributed by atoms with E-state index < -0.39 is 23.9 Å². The van der Waals surface area contributed by atoms with Crippen LogP contribution in [0.25, 0.3) is 16.9 Å². The minimum absolute atomic E-state index is 0.0485. The summed E-state index contributed by atoms with van der Waals surface area (Å²) < 4.78 is 26.0. The summed E-state index contributed by atoms with van der Waals surface area (Å²) in [6.45, 7) is 3.87. The van der Waals surface area contributed by atoms with Crippen molar-refractivity contribution in [3.8, 4) is 16.9 Å². The van der Waals surface area contributed by atoms with E-state index in [0.717, 1.165) is 0 Å². The van der Waals surface area contributed by atoms with Crippen LogP contribution in [0.5, 0.6) is 0 Å². The van der Waals surface area contributed by atoms with E-state index in [4.69, 9.17) is 26.1 Å². The van der Waals surface area contributed by atoms with Crippen LogP contribution >= 0.6 is 11.6 Å². The van der Waals surface area contributed by atoms with E-state index in [1.165, 1.54) is 30.1 Å². The van der Waals surface area contributed by atoms with E-state index in [0.29, 0.717) is 53.4 Å². The Kier molecular flexibility index (Phi) is 9.79. The molecule has 0 radical (unpaired) electrons. The highest BCUT2D eigenvalue weighted by Crippen LogP contribution is 2.33. The van der Waals surface area contributed by atoms with Crippen LogP contribution in [0.4, 0.5) is 20.6 Å². The van der Waals surface area contributed by atoms with Gasteiger partial charge in [0.25, 0.3) is 5.91 Å². The summed E-state index contributed by atoms with van der Waals surface area (Å²) >= 11 is 5.95. The number of carbonyl (C=O) groups excluding carboxylic acids is 3. The normalized spacial score (nSPS) is 16.5. The number of methoxy groups -OCH3 is 1. The van der Waals surface area contributed by atoms with E-state index in [-0.39, 0.29) is 41.3 Å². The maximum Gasteiger partial charge on any atom is 0.411 e. The number of carbonyl (C=O) groups is 3. The van der Waals surface area contributed by atoms with Gasteiger partial charge in [0.15, 0.2) is 5.82 Å². The number of fused-ring (bicyclic) bond motifs is 4. The van der Waals surface area contributed by atoms with E-state index in [2.05, 4.69) is 26.0 Å². The SMILES string of the molecule is COCCOC(=O)Nc1ccc2c(c1)NC(=O)[C@H](C)CCC[C@H](NC(=O)c1cnn(-c3cccc(Cl)c3F)c1C)c1nc-2c[nH]1. The number of anilines is 2. The van der Waals surface area contributed by atoms with Crippen molar-refractivity contribution in [1.82, 2.24) is 25.1 Å². The van der Waals surface area contributed by atoms with Crippen LogP contribution in [0.3, 0.4) is 0 Å². The molecule has 236 valence electrons. The van der Waals surface area contributed by atoms with Crippen molar-refractivity contribution in [2.75, 3.05) is 31.0 Å². The predicted octanol–water partition coefficient (Wildman–Crippen LogP) is 5.79. The first-order valence-electron chi connectivity index (χ1n) is 14.4. The van der Waals surface area contributed by atoms with Gasteiger partial charge in [-0.05, 0) is 50.1 Å². The smallest absolute Gasteiger partial charge is 0.411 e. The molecule has 0 unspecified atom stereocenters. The number of ether oxygens (including phenoxy) is 2. The van der Waals surface area contributed by atoms with Crippen LogP contribution in [0, 0.1) is 18.7 Å². The summed E-state index contributed by atoms with van der Waals surface area (Å²) in [6, 6.07) is 9.11. The highest BCUT2D eigenvalue weighted by molar-refractivity contribution is 6.30. The topological polar surface area (TPSA) is 152 Å². The number of halogens is 2. The Balaban J connectivity index is 1.41. The molecule has 0 saturated carbocycles. The second kappa shape index (κ2) is 13.9. The minimum Gasteiger partial charge on any atom is -0.447 e. The molecule has 0 saturated heterocycles. The molecule has 3 heterocycles. The number of benzene rings is 2. The zero-order chi connectivity index (χ0) is 32.1. The lowest BCUT2D eigenvalue weighted by Crippen LogP contribution is -2.30. The Morgan fingerprint density at radius 3 is 2.82 bits per heavy atom. The van der Waals surface area contributed by atoms with Gasteiger partial charge in [-0.1, -0.05) is 31.0 Å². The highest BCUT2D eigenvalue weighted by atomic mass is 35.5. The van der Waals surface area contributed by atoms with Crippen LogP contribution in [0.1, 0.15) is 54.1 Å². The number of H-pyrrole nitrogens is 1. The first-order chi connectivity index (χ1) is 21.7. The lowest BCUT2D eigenvalue weighted by molar-refractivity contribution is -0.119. The van der Waals surface area contributed by atoms with Crippen LogP contribution in [0.15, 0.2) is 48.8 Å². The number of amides is 3. The summed E-state index contributed by atoms with van der Waals surface area (Å²) in [5.41, 5.74) is 2.86. The molecular weight excluding hydrogens is 605 g/mol. The van der Waals surface area contributed by atoms with Crippen molar-refractivity contribution in [1.29, 1.82) is 0 Å². The predicted molar refractivity (Wildman–Crippen MR) is 166 cm³/mol. The molecule has 2 aromatic heterocycles. The molecule has 4 N–H and O–H groups in total. The number of imidazole rings is 1. The van der Waals surface area contributed by atoms with Crippen molar-refractivity contribution in [3.05, 3.63) is 76.7 Å². The third-order valence-corrected chi connectivity index (χ3v) is 7.84. The number of nitrogens with zero attached hydrogens (tertiary/aromatic N) is 3. The Bertz CT molecular complexity index is 1720. The zero-order valence-corrected chi connectivity index (χ0v) is 25.7. The fraction of sp³-hybridized carbons (Fsp3) is 0.323. The van der Waals surface area contributed by atoms with Crippen molar-refractivity contribution >= 4 is 40.9 Å². The van der Waals surface area contributed by atoms with Crippen LogP contribution in [-0.4, -0.2) is 58.0 Å². The van der Waals surface area contributed by atoms with Gasteiger partial charge in [0.05, 0.1) is 46.5 Å². The molecule has 2 bridgehead atoms. The summed E-state index contributed by atoms with van der Waals surface area (Å²) in [6.07, 6.45) is 4.10. The Labute approximate surface area is 263 Å². The largest absolute Gasteiger partial charge is 0.447 e. The van der Waals surface area contributed by atoms with Crippen molar-refractivity contribution < 1.29 is 28.2 Å². The summed E-state index contributed by atoms with van der Waals surface area (Å²) in [5, 5.41) is 12.8. The van der Waals surface area contributed by atoms with Crippen LogP contribution < -0.4 is 16.0 Å². The van der Waals surface area contributed by atoms with Gasteiger partial charge in [-0.25, -0.2) is 18.9 Å². The molecule has 2 aromatic carbocycles. The molecule has 12 nitrogen and oxygen atoms in total. The van der Waals surface area contributed by atoms with Crippen LogP contribution in [0.2, 0.25) is 5.02 Å². The molecule has 1 aliphatic rings. The monoisotopic (exact) mass is 637 g/mol. The molecule has 0 aliphatic carbocycles. The molecule has 1 aliphatic heterocycles. The molecule has 5 rings (SSSR count). The fourth-order valence-electron chi connectivity index (χ4n) is 5.03. The molecular formula is C31H33ClFN7O5. The molecule has 4 aromatic rings.